The highest BCUT2D eigenvalue weighted by Crippen LogP contribution is 2.37. The zero-order chi connectivity index (χ0) is 12.6. The Labute approximate surface area is 97.4 Å². The molecule has 1 aliphatic heterocycles. The molecule has 1 aromatic heterocycles. The van der Waals surface area contributed by atoms with Crippen molar-refractivity contribution in [2.75, 3.05) is 13.1 Å². The summed E-state index contributed by atoms with van der Waals surface area (Å²) in [6.45, 7) is 4.80. The number of aromatic nitrogens is 1. The van der Waals surface area contributed by atoms with Crippen LogP contribution in [0.5, 0.6) is 0 Å². The first-order valence-electron chi connectivity index (χ1n) is 5.68. The molecule has 1 aromatic rings. The quantitative estimate of drug-likeness (QED) is 0.874. The van der Waals surface area contributed by atoms with E-state index >= 15 is 0 Å². The lowest BCUT2D eigenvalue weighted by Gasteiger charge is -2.06. The summed E-state index contributed by atoms with van der Waals surface area (Å²) in [6.07, 6.45) is -3.69. The Hall–Kier alpha value is -1.04. The van der Waals surface area contributed by atoms with Gasteiger partial charge in [0.15, 0.2) is 5.89 Å². The summed E-state index contributed by atoms with van der Waals surface area (Å²) in [5.74, 6) is -1.05. The van der Waals surface area contributed by atoms with E-state index in [-0.39, 0.29) is 23.4 Å². The van der Waals surface area contributed by atoms with Crippen LogP contribution in [0.25, 0.3) is 0 Å². The molecule has 0 aliphatic carbocycles. The van der Waals surface area contributed by atoms with Crippen LogP contribution in [0.2, 0.25) is 0 Å². The fraction of sp³-hybridized carbons (Fsp3) is 0.727. The predicted octanol–water partition coefficient (Wildman–Crippen LogP) is 2.89. The molecule has 1 fully saturated rings. The van der Waals surface area contributed by atoms with E-state index in [0.717, 1.165) is 13.0 Å². The molecular formula is C11H15F3N2O. The van der Waals surface area contributed by atoms with Crippen molar-refractivity contribution in [3.05, 3.63) is 17.3 Å². The number of alkyl halides is 3. The van der Waals surface area contributed by atoms with Crippen LogP contribution in [-0.2, 0) is 6.18 Å². The third-order valence-electron chi connectivity index (χ3n) is 2.88. The van der Waals surface area contributed by atoms with Crippen molar-refractivity contribution in [3.63, 3.8) is 0 Å². The maximum absolute atomic E-state index is 12.8. The van der Waals surface area contributed by atoms with Crippen molar-refractivity contribution in [2.24, 2.45) is 0 Å². The highest BCUT2D eigenvalue weighted by Gasteiger charge is 2.41. The van der Waals surface area contributed by atoms with Crippen molar-refractivity contribution in [3.8, 4) is 0 Å². The van der Waals surface area contributed by atoms with E-state index in [9.17, 15) is 13.2 Å². The summed E-state index contributed by atoms with van der Waals surface area (Å²) in [4.78, 5) is 4.03. The lowest BCUT2D eigenvalue weighted by Crippen LogP contribution is -2.08. The highest BCUT2D eigenvalue weighted by atomic mass is 19.4. The van der Waals surface area contributed by atoms with Crippen molar-refractivity contribution < 1.29 is 17.6 Å². The van der Waals surface area contributed by atoms with Gasteiger partial charge < -0.3 is 9.73 Å². The molecular weight excluding hydrogens is 233 g/mol. The molecule has 3 nitrogen and oxygen atoms in total. The lowest BCUT2D eigenvalue weighted by atomic mass is 10.1. The minimum atomic E-state index is -4.46. The average molecular weight is 248 g/mol. The van der Waals surface area contributed by atoms with Gasteiger partial charge in [-0.3, -0.25) is 0 Å². The van der Waals surface area contributed by atoms with Crippen LogP contribution in [0.15, 0.2) is 4.42 Å². The van der Waals surface area contributed by atoms with Gasteiger partial charge in [0, 0.05) is 12.5 Å². The minimum absolute atomic E-state index is 0.0133. The summed E-state index contributed by atoms with van der Waals surface area (Å²) < 4.78 is 43.2. The highest BCUT2D eigenvalue weighted by molar-refractivity contribution is 5.18. The Kier molecular flexibility index (Phi) is 3.16. The van der Waals surface area contributed by atoms with Crippen molar-refractivity contribution in [1.82, 2.24) is 10.3 Å². The molecule has 0 radical (unpaired) electrons. The van der Waals surface area contributed by atoms with Crippen LogP contribution in [0.3, 0.4) is 0 Å². The van der Waals surface area contributed by atoms with E-state index in [1.807, 2.05) is 0 Å². The zero-order valence-electron chi connectivity index (χ0n) is 9.77. The first-order chi connectivity index (χ1) is 7.89. The Morgan fingerprint density at radius 1 is 1.41 bits per heavy atom. The second-order valence-electron chi connectivity index (χ2n) is 4.61. The molecule has 0 saturated carbocycles. The monoisotopic (exact) mass is 248 g/mol. The van der Waals surface area contributed by atoms with Gasteiger partial charge in [-0.25, -0.2) is 4.98 Å². The predicted molar refractivity (Wildman–Crippen MR) is 55.8 cm³/mol. The minimum Gasteiger partial charge on any atom is -0.435 e. The number of hydrogen-bond acceptors (Lipinski definition) is 3. The van der Waals surface area contributed by atoms with E-state index in [2.05, 4.69) is 10.3 Å². The summed E-state index contributed by atoms with van der Waals surface area (Å²) in [5.41, 5.74) is 0.0133. The molecule has 2 rings (SSSR count). The second-order valence-corrected chi connectivity index (χ2v) is 4.61. The summed E-state index contributed by atoms with van der Waals surface area (Å²) in [6, 6.07) is 0. The first kappa shape index (κ1) is 12.4. The van der Waals surface area contributed by atoms with Crippen LogP contribution in [0.4, 0.5) is 13.2 Å². The Balaban J connectivity index is 2.37. The number of rotatable bonds is 2. The molecule has 1 N–H and O–H groups in total. The van der Waals surface area contributed by atoms with Crippen molar-refractivity contribution in [1.29, 1.82) is 0 Å². The standard InChI is InChI=1S/C11H15F3N2O/c1-6(2)8-9(11(12,13)14)17-10(16-8)7-3-4-15-5-7/h6-7,15H,3-5H2,1-2H3. The van der Waals surface area contributed by atoms with Gasteiger partial charge >= 0.3 is 6.18 Å². The lowest BCUT2D eigenvalue weighted by molar-refractivity contribution is -0.154. The van der Waals surface area contributed by atoms with Crippen molar-refractivity contribution in [2.45, 2.75) is 38.3 Å². The molecule has 1 atom stereocenters. The molecule has 0 aromatic carbocycles. The van der Waals surface area contributed by atoms with Gasteiger partial charge in [0.25, 0.3) is 0 Å². The first-order valence-corrected chi connectivity index (χ1v) is 5.68. The van der Waals surface area contributed by atoms with Crippen LogP contribution < -0.4 is 5.32 Å². The largest absolute Gasteiger partial charge is 0.451 e. The third-order valence-corrected chi connectivity index (χ3v) is 2.88. The van der Waals surface area contributed by atoms with Gasteiger partial charge in [0.2, 0.25) is 5.76 Å². The Bertz CT molecular complexity index is 392. The van der Waals surface area contributed by atoms with Crippen LogP contribution in [-0.4, -0.2) is 18.1 Å². The van der Waals surface area contributed by atoms with E-state index in [1.54, 1.807) is 13.8 Å². The van der Waals surface area contributed by atoms with Crippen molar-refractivity contribution >= 4 is 0 Å². The van der Waals surface area contributed by atoms with Gasteiger partial charge in [-0.2, -0.15) is 13.2 Å². The van der Waals surface area contributed by atoms with Gasteiger partial charge in [0.1, 0.15) is 0 Å². The van der Waals surface area contributed by atoms with Gasteiger partial charge in [-0.15, -0.1) is 0 Å². The van der Waals surface area contributed by atoms with Gasteiger partial charge in [-0.05, 0) is 18.9 Å². The Morgan fingerprint density at radius 3 is 2.53 bits per heavy atom. The molecule has 1 aliphatic rings. The number of oxazole rings is 1. The number of nitrogens with zero attached hydrogens (tertiary/aromatic N) is 1. The van der Waals surface area contributed by atoms with Gasteiger partial charge in [0.05, 0.1) is 5.69 Å². The number of halogens is 3. The summed E-state index contributed by atoms with van der Waals surface area (Å²) in [7, 11) is 0. The molecule has 96 valence electrons. The summed E-state index contributed by atoms with van der Waals surface area (Å²) in [5, 5.41) is 3.09. The smallest absolute Gasteiger partial charge is 0.435 e. The molecule has 1 unspecified atom stereocenters. The van der Waals surface area contributed by atoms with E-state index in [1.165, 1.54) is 0 Å². The van der Waals surface area contributed by atoms with Crippen LogP contribution in [0.1, 0.15) is 49.4 Å². The maximum atomic E-state index is 12.8. The molecule has 1 saturated heterocycles. The van der Waals surface area contributed by atoms with E-state index < -0.39 is 11.9 Å². The SMILES string of the molecule is CC(C)c1nc(C2CCNC2)oc1C(F)(F)F. The molecule has 2 heterocycles. The third kappa shape index (κ3) is 2.46. The van der Waals surface area contributed by atoms with Crippen LogP contribution >= 0.6 is 0 Å². The average Bonchev–Trinajstić information content (AvgIpc) is 2.85. The fourth-order valence-electron chi connectivity index (χ4n) is 1.98. The van der Waals surface area contributed by atoms with E-state index in [0.29, 0.717) is 6.54 Å². The molecule has 0 amide bonds. The fourth-order valence-corrected chi connectivity index (χ4v) is 1.98. The number of nitrogens with one attached hydrogen (secondary N) is 1. The van der Waals surface area contributed by atoms with Gasteiger partial charge in [-0.1, -0.05) is 13.8 Å². The maximum Gasteiger partial charge on any atom is 0.451 e. The topological polar surface area (TPSA) is 38.1 Å². The normalized spacial score (nSPS) is 21.4. The second kappa shape index (κ2) is 4.33. The zero-order valence-corrected chi connectivity index (χ0v) is 9.77. The molecule has 6 heteroatoms. The molecule has 0 bridgehead atoms. The molecule has 0 spiro atoms. The number of hydrogen-bond donors (Lipinski definition) is 1. The van der Waals surface area contributed by atoms with Crippen LogP contribution in [0, 0.1) is 0 Å². The Morgan fingerprint density at radius 2 is 2.12 bits per heavy atom. The van der Waals surface area contributed by atoms with E-state index in [4.69, 9.17) is 4.42 Å². The summed E-state index contributed by atoms with van der Waals surface area (Å²) >= 11 is 0. The molecule has 17 heavy (non-hydrogen) atoms.